The highest BCUT2D eigenvalue weighted by Crippen LogP contribution is 2.27. The van der Waals surface area contributed by atoms with Crippen LogP contribution >= 0.6 is 0 Å². The van der Waals surface area contributed by atoms with Crippen LogP contribution in [0.2, 0.25) is 0 Å². The maximum Gasteiger partial charge on any atom is 0.259 e. The molecule has 0 atom stereocenters. The zero-order valence-corrected chi connectivity index (χ0v) is 14.6. The van der Waals surface area contributed by atoms with Crippen LogP contribution in [0.15, 0.2) is 47.3 Å². The van der Waals surface area contributed by atoms with Crippen molar-refractivity contribution in [3.05, 3.63) is 69.5 Å². The number of pyridine rings is 1. The van der Waals surface area contributed by atoms with Gasteiger partial charge in [0.05, 0.1) is 18.2 Å². The number of benzene rings is 2. The van der Waals surface area contributed by atoms with E-state index in [1.807, 2.05) is 24.3 Å². The van der Waals surface area contributed by atoms with Crippen LogP contribution in [-0.4, -0.2) is 18.0 Å². The summed E-state index contributed by atoms with van der Waals surface area (Å²) in [5.41, 5.74) is 3.91. The zero-order chi connectivity index (χ0) is 18.1. The summed E-state index contributed by atoms with van der Waals surface area (Å²) in [7, 11) is 1.54. The molecule has 4 rings (SSSR count). The van der Waals surface area contributed by atoms with Crippen molar-refractivity contribution in [1.29, 1.82) is 0 Å². The SMILES string of the molecule is COc1ccccc1C(=O)Nc1ccc2c3c(c(=O)[nH]c2c1)CCCC3. The van der Waals surface area contributed by atoms with Crippen LogP contribution in [0.4, 0.5) is 5.69 Å². The molecule has 5 heteroatoms. The number of anilines is 1. The Bertz CT molecular complexity index is 1050. The van der Waals surface area contributed by atoms with Crippen LogP contribution in [0, 0.1) is 0 Å². The normalized spacial score (nSPS) is 13.3. The lowest BCUT2D eigenvalue weighted by molar-refractivity contribution is 0.102. The summed E-state index contributed by atoms with van der Waals surface area (Å²) in [6.45, 7) is 0. The average Bonchev–Trinajstić information content (AvgIpc) is 2.68. The Morgan fingerprint density at radius 2 is 1.85 bits per heavy atom. The molecule has 3 aromatic rings. The Balaban J connectivity index is 1.70. The zero-order valence-electron chi connectivity index (χ0n) is 14.6. The number of rotatable bonds is 3. The van der Waals surface area contributed by atoms with Crippen LogP contribution in [-0.2, 0) is 12.8 Å². The summed E-state index contributed by atoms with van der Waals surface area (Å²) in [6.07, 6.45) is 3.95. The lowest BCUT2D eigenvalue weighted by Gasteiger charge is -2.17. The smallest absolute Gasteiger partial charge is 0.259 e. The highest BCUT2D eigenvalue weighted by atomic mass is 16.5. The molecule has 0 unspecified atom stereocenters. The van der Waals surface area contributed by atoms with E-state index in [0.717, 1.165) is 47.7 Å². The van der Waals surface area contributed by atoms with Gasteiger partial charge in [0.2, 0.25) is 0 Å². The number of carbonyl (C=O) groups excluding carboxylic acids is 1. The van der Waals surface area contributed by atoms with E-state index in [2.05, 4.69) is 10.3 Å². The molecule has 0 saturated carbocycles. The van der Waals surface area contributed by atoms with E-state index < -0.39 is 0 Å². The van der Waals surface area contributed by atoms with Gasteiger partial charge in [-0.3, -0.25) is 9.59 Å². The van der Waals surface area contributed by atoms with Gasteiger partial charge in [-0.05, 0) is 55.5 Å². The van der Waals surface area contributed by atoms with E-state index in [1.54, 1.807) is 18.2 Å². The van der Waals surface area contributed by atoms with Crippen LogP contribution in [0.25, 0.3) is 10.9 Å². The van der Waals surface area contributed by atoms with Crippen molar-refractivity contribution in [1.82, 2.24) is 4.98 Å². The average molecular weight is 348 g/mol. The summed E-state index contributed by atoms with van der Waals surface area (Å²) in [4.78, 5) is 27.9. The van der Waals surface area contributed by atoms with Gasteiger partial charge in [0, 0.05) is 16.6 Å². The van der Waals surface area contributed by atoms with Crippen LogP contribution in [0.5, 0.6) is 5.75 Å². The van der Waals surface area contributed by atoms with Gasteiger partial charge in [-0.1, -0.05) is 18.2 Å². The molecule has 5 nitrogen and oxygen atoms in total. The van der Waals surface area contributed by atoms with Gasteiger partial charge in [0.25, 0.3) is 11.5 Å². The summed E-state index contributed by atoms with van der Waals surface area (Å²) < 4.78 is 5.24. The van der Waals surface area contributed by atoms with Crippen molar-refractivity contribution < 1.29 is 9.53 Å². The summed E-state index contributed by atoms with van der Waals surface area (Å²) in [5.74, 6) is 0.273. The van der Waals surface area contributed by atoms with Crippen LogP contribution in [0.1, 0.15) is 34.3 Å². The minimum atomic E-state index is -0.248. The van der Waals surface area contributed by atoms with Gasteiger partial charge in [-0.15, -0.1) is 0 Å². The Kier molecular flexibility index (Phi) is 4.21. The maximum atomic E-state index is 12.6. The second kappa shape index (κ2) is 6.67. The molecule has 1 amide bonds. The number of hydrogen-bond donors (Lipinski definition) is 2. The molecule has 132 valence electrons. The summed E-state index contributed by atoms with van der Waals surface area (Å²) in [6, 6.07) is 12.8. The fourth-order valence-corrected chi connectivity index (χ4v) is 3.67. The molecule has 0 fully saturated rings. The topological polar surface area (TPSA) is 71.2 Å². The third kappa shape index (κ3) is 2.86. The van der Waals surface area contributed by atoms with Crippen molar-refractivity contribution in [3.8, 4) is 5.75 Å². The third-order valence-electron chi connectivity index (χ3n) is 4.94. The first-order valence-electron chi connectivity index (χ1n) is 8.79. The van der Waals surface area contributed by atoms with E-state index >= 15 is 0 Å². The van der Waals surface area contributed by atoms with E-state index in [0.29, 0.717) is 17.0 Å². The third-order valence-corrected chi connectivity index (χ3v) is 4.94. The van der Waals surface area contributed by atoms with E-state index in [-0.39, 0.29) is 11.5 Å². The molecule has 2 aromatic carbocycles. The number of nitrogens with one attached hydrogen (secondary N) is 2. The number of aromatic nitrogens is 1. The van der Waals surface area contributed by atoms with E-state index in [4.69, 9.17) is 4.74 Å². The molecule has 1 aromatic heterocycles. The number of aromatic amines is 1. The molecule has 0 aliphatic heterocycles. The van der Waals surface area contributed by atoms with Crippen molar-refractivity contribution in [2.24, 2.45) is 0 Å². The second-order valence-electron chi connectivity index (χ2n) is 6.53. The number of carbonyl (C=O) groups is 1. The molecule has 1 aliphatic carbocycles. The van der Waals surface area contributed by atoms with Gasteiger partial charge < -0.3 is 15.0 Å². The predicted octanol–water partition coefficient (Wildman–Crippen LogP) is 3.67. The van der Waals surface area contributed by atoms with Crippen LogP contribution < -0.4 is 15.6 Å². The molecule has 0 radical (unpaired) electrons. The lowest BCUT2D eigenvalue weighted by atomic mass is 9.90. The molecule has 0 bridgehead atoms. The number of aryl methyl sites for hydroxylation is 1. The standard InChI is InChI=1S/C21H20N2O3/c1-26-19-9-5-4-8-17(19)21(25)22-13-10-11-15-14-6-2-3-7-16(14)20(24)23-18(15)12-13/h4-5,8-12H,2-3,6-7H2,1H3,(H,22,25)(H,23,24). The van der Waals surface area contributed by atoms with E-state index in [9.17, 15) is 9.59 Å². The summed E-state index contributed by atoms with van der Waals surface area (Å²) >= 11 is 0. The van der Waals surface area contributed by atoms with Gasteiger partial charge >= 0.3 is 0 Å². The largest absolute Gasteiger partial charge is 0.496 e. The predicted molar refractivity (Wildman–Crippen MR) is 102 cm³/mol. The Hall–Kier alpha value is -3.08. The molecule has 1 aliphatic rings. The highest BCUT2D eigenvalue weighted by Gasteiger charge is 2.17. The number of methoxy groups -OCH3 is 1. The van der Waals surface area contributed by atoms with Gasteiger partial charge in [0.15, 0.2) is 0 Å². The number of amides is 1. The number of fused-ring (bicyclic) bond motifs is 3. The maximum absolute atomic E-state index is 12.6. The van der Waals surface area contributed by atoms with E-state index in [1.165, 1.54) is 7.11 Å². The fourth-order valence-electron chi connectivity index (χ4n) is 3.67. The minimum Gasteiger partial charge on any atom is -0.496 e. The first-order valence-corrected chi connectivity index (χ1v) is 8.79. The van der Waals surface area contributed by atoms with Crippen molar-refractivity contribution in [3.63, 3.8) is 0 Å². The Morgan fingerprint density at radius 1 is 1.08 bits per heavy atom. The number of para-hydroxylation sites is 1. The molecule has 1 heterocycles. The quantitative estimate of drug-likeness (QED) is 0.759. The highest BCUT2D eigenvalue weighted by molar-refractivity contribution is 6.07. The molecular formula is C21H20N2O3. The minimum absolute atomic E-state index is 0.0135. The number of hydrogen-bond acceptors (Lipinski definition) is 3. The van der Waals surface area contributed by atoms with Crippen LogP contribution in [0.3, 0.4) is 0 Å². The Morgan fingerprint density at radius 3 is 2.65 bits per heavy atom. The lowest BCUT2D eigenvalue weighted by Crippen LogP contribution is -2.19. The van der Waals surface area contributed by atoms with Gasteiger partial charge in [-0.2, -0.15) is 0 Å². The van der Waals surface area contributed by atoms with Crippen molar-refractivity contribution >= 4 is 22.5 Å². The fraction of sp³-hybridized carbons (Fsp3) is 0.238. The number of ether oxygens (including phenoxy) is 1. The number of H-pyrrole nitrogens is 1. The van der Waals surface area contributed by atoms with Crippen molar-refractivity contribution in [2.75, 3.05) is 12.4 Å². The monoisotopic (exact) mass is 348 g/mol. The summed E-state index contributed by atoms with van der Waals surface area (Å²) in [5, 5.41) is 3.95. The van der Waals surface area contributed by atoms with Gasteiger partial charge in [0.1, 0.15) is 5.75 Å². The van der Waals surface area contributed by atoms with Crippen molar-refractivity contribution in [2.45, 2.75) is 25.7 Å². The molecule has 0 saturated heterocycles. The molecular weight excluding hydrogens is 328 g/mol. The molecule has 2 N–H and O–H groups in total. The molecule has 26 heavy (non-hydrogen) atoms. The Labute approximate surface area is 151 Å². The molecule has 0 spiro atoms. The second-order valence-corrected chi connectivity index (χ2v) is 6.53. The first kappa shape index (κ1) is 16.4. The first-order chi connectivity index (χ1) is 12.7. The van der Waals surface area contributed by atoms with Gasteiger partial charge in [-0.25, -0.2) is 0 Å².